The molecule has 1 heterocycles. The van der Waals surface area contributed by atoms with Crippen LogP contribution in [-0.4, -0.2) is 39.7 Å². The van der Waals surface area contributed by atoms with Crippen LogP contribution in [0, 0.1) is 5.92 Å². The molecule has 2 amide bonds. The van der Waals surface area contributed by atoms with E-state index in [2.05, 4.69) is 5.48 Å². The smallest absolute Gasteiger partial charge is 0.248 e. The van der Waals surface area contributed by atoms with Crippen LogP contribution in [0.5, 0.6) is 17.2 Å². The Morgan fingerprint density at radius 1 is 1.07 bits per heavy atom. The third-order valence-electron chi connectivity index (χ3n) is 4.71. The number of rotatable bonds is 8. The molecule has 29 heavy (non-hydrogen) atoms. The van der Waals surface area contributed by atoms with Gasteiger partial charge >= 0.3 is 0 Å². The van der Waals surface area contributed by atoms with E-state index in [1.807, 2.05) is 30.3 Å². The molecule has 0 saturated carbocycles. The molecular weight excluding hydrogens is 376 g/mol. The average molecular weight is 400 g/mol. The van der Waals surface area contributed by atoms with Gasteiger partial charge in [-0.3, -0.25) is 14.4 Å². The molecule has 1 N–H and O–H groups in total. The van der Waals surface area contributed by atoms with E-state index in [0.717, 1.165) is 5.56 Å². The molecule has 8 heteroatoms. The highest BCUT2D eigenvalue weighted by atomic mass is 16.6. The second kappa shape index (κ2) is 9.29. The number of anilines is 1. The van der Waals surface area contributed by atoms with Crippen LogP contribution in [0.4, 0.5) is 5.69 Å². The number of carbonyl (C=O) groups is 2. The van der Waals surface area contributed by atoms with Crippen LogP contribution in [0.25, 0.3) is 0 Å². The Balaban J connectivity index is 1.66. The van der Waals surface area contributed by atoms with Crippen LogP contribution in [0.1, 0.15) is 12.0 Å². The van der Waals surface area contributed by atoms with Crippen molar-refractivity contribution in [2.45, 2.75) is 13.0 Å². The molecule has 2 aromatic rings. The predicted octanol–water partition coefficient (Wildman–Crippen LogP) is 2.31. The maximum atomic E-state index is 12.5. The summed E-state index contributed by atoms with van der Waals surface area (Å²) < 4.78 is 16.0. The van der Waals surface area contributed by atoms with Crippen LogP contribution in [0.2, 0.25) is 0 Å². The summed E-state index contributed by atoms with van der Waals surface area (Å²) in [5.74, 6) is 0.306. The lowest BCUT2D eigenvalue weighted by atomic mass is 10.1. The summed E-state index contributed by atoms with van der Waals surface area (Å²) >= 11 is 0. The summed E-state index contributed by atoms with van der Waals surface area (Å²) in [6.45, 7) is 0.488. The zero-order valence-corrected chi connectivity index (χ0v) is 16.6. The van der Waals surface area contributed by atoms with Gasteiger partial charge in [0.05, 0.1) is 39.5 Å². The summed E-state index contributed by atoms with van der Waals surface area (Å²) in [5, 5.41) is 0. The maximum absolute atomic E-state index is 12.5. The lowest BCUT2D eigenvalue weighted by molar-refractivity contribution is -0.138. The number of hydroxylamine groups is 1. The first-order valence-electron chi connectivity index (χ1n) is 9.13. The molecular formula is C21H24N2O6. The summed E-state index contributed by atoms with van der Waals surface area (Å²) in [6, 6.07) is 12.9. The van der Waals surface area contributed by atoms with Crippen LogP contribution in [-0.2, 0) is 21.0 Å². The van der Waals surface area contributed by atoms with Crippen molar-refractivity contribution in [1.82, 2.24) is 5.48 Å². The highest BCUT2D eigenvalue weighted by molar-refractivity contribution is 6.00. The molecule has 1 saturated heterocycles. The minimum absolute atomic E-state index is 0.0944. The predicted molar refractivity (Wildman–Crippen MR) is 106 cm³/mol. The fourth-order valence-electron chi connectivity index (χ4n) is 3.20. The SMILES string of the molecule is COc1cc(N2C[C@H](C(=O)NOCc3ccccc3)CC2=O)cc(OC)c1OC. The molecule has 3 rings (SSSR count). The topological polar surface area (TPSA) is 86.3 Å². The number of ether oxygens (including phenoxy) is 3. The molecule has 0 aromatic heterocycles. The first-order chi connectivity index (χ1) is 14.1. The summed E-state index contributed by atoms with van der Waals surface area (Å²) in [5.41, 5.74) is 3.96. The minimum Gasteiger partial charge on any atom is -0.493 e. The Morgan fingerprint density at radius 2 is 1.72 bits per heavy atom. The summed E-state index contributed by atoms with van der Waals surface area (Å²) in [6.07, 6.45) is 0.0944. The van der Waals surface area contributed by atoms with Gasteiger partial charge in [-0.25, -0.2) is 5.48 Å². The van der Waals surface area contributed by atoms with Crippen molar-refractivity contribution in [1.29, 1.82) is 0 Å². The Morgan fingerprint density at radius 3 is 2.31 bits per heavy atom. The van der Waals surface area contributed by atoms with Gasteiger partial charge in [0.25, 0.3) is 0 Å². The van der Waals surface area contributed by atoms with Gasteiger partial charge in [0.15, 0.2) is 11.5 Å². The number of nitrogens with one attached hydrogen (secondary N) is 1. The van der Waals surface area contributed by atoms with E-state index in [1.54, 1.807) is 12.1 Å². The van der Waals surface area contributed by atoms with Gasteiger partial charge in [0.2, 0.25) is 17.6 Å². The molecule has 0 spiro atoms. The highest BCUT2D eigenvalue weighted by Gasteiger charge is 2.36. The number of methoxy groups -OCH3 is 3. The number of benzene rings is 2. The highest BCUT2D eigenvalue weighted by Crippen LogP contribution is 2.42. The van der Waals surface area contributed by atoms with Gasteiger partial charge in [0.1, 0.15) is 0 Å². The fourth-order valence-corrected chi connectivity index (χ4v) is 3.20. The largest absolute Gasteiger partial charge is 0.493 e. The Kier molecular flexibility index (Phi) is 6.56. The molecule has 1 fully saturated rings. The molecule has 2 aromatic carbocycles. The van der Waals surface area contributed by atoms with E-state index in [1.165, 1.54) is 26.2 Å². The monoisotopic (exact) mass is 400 g/mol. The third kappa shape index (κ3) is 4.60. The van der Waals surface area contributed by atoms with Gasteiger partial charge in [-0.15, -0.1) is 0 Å². The zero-order valence-electron chi connectivity index (χ0n) is 16.6. The number of nitrogens with zero attached hydrogens (tertiary/aromatic N) is 1. The minimum atomic E-state index is -0.516. The van der Waals surface area contributed by atoms with Crippen molar-refractivity contribution in [2.75, 3.05) is 32.8 Å². The van der Waals surface area contributed by atoms with Gasteiger partial charge in [-0.05, 0) is 5.56 Å². The normalized spacial score (nSPS) is 15.9. The Hall–Kier alpha value is -3.26. The Labute approximate surface area is 169 Å². The van der Waals surface area contributed by atoms with Crippen molar-refractivity contribution in [3.05, 3.63) is 48.0 Å². The number of hydrogen-bond acceptors (Lipinski definition) is 6. The van der Waals surface area contributed by atoms with Gasteiger partial charge < -0.3 is 19.1 Å². The quantitative estimate of drug-likeness (QED) is 0.685. The molecule has 1 aliphatic heterocycles. The molecule has 0 aliphatic carbocycles. The lowest BCUT2D eigenvalue weighted by Crippen LogP contribution is -2.33. The standard InChI is InChI=1S/C21H24N2O6/c1-26-17-10-16(11-18(27-2)20(17)28-3)23-12-15(9-19(23)24)21(25)22-29-13-14-7-5-4-6-8-14/h4-8,10-11,15H,9,12-13H2,1-3H3,(H,22,25)/t15-/m1/s1. The van der Waals surface area contributed by atoms with Crippen LogP contribution in [0.3, 0.4) is 0 Å². The van der Waals surface area contributed by atoms with Crippen molar-refractivity contribution < 1.29 is 28.6 Å². The van der Waals surface area contributed by atoms with E-state index in [0.29, 0.717) is 22.9 Å². The molecule has 0 radical (unpaired) electrons. The summed E-state index contributed by atoms with van der Waals surface area (Å²) in [4.78, 5) is 31.8. The van der Waals surface area contributed by atoms with Gasteiger partial charge in [-0.1, -0.05) is 30.3 Å². The first-order valence-corrected chi connectivity index (χ1v) is 9.13. The number of carbonyl (C=O) groups excluding carboxylic acids is 2. The van der Waals surface area contributed by atoms with Crippen molar-refractivity contribution >= 4 is 17.5 Å². The number of hydrogen-bond donors (Lipinski definition) is 1. The number of amides is 2. The van der Waals surface area contributed by atoms with Crippen LogP contribution in [0.15, 0.2) is 42.5 Å². The van der Waals surface area contributed by atoms with E-state index in [4.69, 9.17) is 19.0 Å². The van der Waals surface area contributed by atoms with E-state index in [-0.39, 0.29) is 31.4 Å². The molecule has 0 bridgehead atoms. The van der Waals surface area contributed by atoms with Gasteiger partial charge in [0, 0.05) is 25.1 Å². The zero-order chi connectivity index (χ0) is 20.8. The lowest BCUT2D eigenvalue weighted by Gasteiger charge is -2.20. The maximum Gasteiger partial charge on any atom is 0.248 e. The van der Waals surface area contributed by atoms with Gasteiger partial charge in [-0.2, -0.15) is 0 Å². The summed E-state index contributed by atoms with van der Waals surface area (Å²) in [7, 11) is 4.53. The fraction of sp³-hybridized carbons (Fsp3) is 0.333. The second-order valence-electron chi connectivity index (χ2n) is 6.53. The Bertz CT molecular complexity index is 846. The van der Waals surface area contributed by atoms with Crippen molar-refractivity contribution in [3.63, 3.8) is 0 Å². The van der Waals surface area contributed by atoms with E-state index < -0.39 is 5.92 Å². The second-order valence-corrected chi connectivity index (χ2v) is 6.53. The molecule has 1 aliphatic rings. The van der Waals surface area contributed by atoms with Crippen LogP contribution < -0.4 is 24.6 Å². The molecule has 1 atom stereocenters. The van der Waals surface area contributed by atoms with Crippen molar-refractivity contribution in [2.24, 2.45) is 5.92 Å². The van der Waals surface area contributed by atoms with Crippen molar-refractivity contribution in [3.8, 4) is 17.2 Å². The van der Waals surface area contributed by atoms with E-state index in [9.17, 15) is 9.59 Å². The van der Waals surface area contributed by atoms with Crippen LogP contribution >= 0.6 is 0 Å². The first kappa shape index (κ1) is 20.5. The molecule has 0 unspecified atom stereocenters. The van der Waals surface area contributed by atoms with E-state index >= 15 is 0 Å². The molecule has 8 nitrogen and oxygen atoms in total. The third-order valence-corrected chi connectivity index (χ3v) is 4.71. The average Bonchev–Trinajstić information content (AvgIpc) is 3.15. The molecule has 154 valence electrons.